The normalized spacial score (nSPS) is 11.0. The van der Waals surface area contributed by atoms with E-state index in [9.17, 15) is 0 Å². The SMILES string of the molecule is CN(C)c1ccc(-c2cc3ccccc3c3ccccc23)cc1. The van der Waals surface area contributed by atoms with E-state index in [2.05, 4.69) is 97.9 Å². The summed E-state index contributed by atoms with van der Waals surface area (Å²) in [5, 5.41) is 5.23. The van der Waals surface area contributed by atoms with Crippen LogP contribution in [0.2, 0.25) is 0 Å². The Kier molecular flexibility index (Phi) is 3.27. The van der Waals surface area contributed by atoms with Crippen molar-refractivity contribution in [3.8, 4) is 11.1 Å². The highest BCUT2D eigenvalue weighted by atomic mass is 15.1. The van der Waals surface area contributed by atoms with Crippen molar-refractivity contribution in [3.05, 3.63) is 78.9 Å². The molecule has 4 aromatic carbocycles. The Morgan fingerprint density at radius 1 is 0.609 bits per heavy atom. The Labute approximate surface area is 136 Å². The maximum atomic E-state index is 2.31. The number of benzene rings is 4. The molecule has 1 heteroatoms. The van der Waals surface area contributed by atoms with Crippen LogP contribution >= 0.6 is 0 Å². The van der Waals surface area contributed by atoms with Gasteiger partial charge in [0.25, 0.3) is 0 Å². The lowest BCUT2D eigenvalue weighted by atomic mass is 9.93. The Hall–Kier alpha value is -2.80. The Morgan fingerprint density at radius 2 is 1.22 bits per heavy atom. The molecule has 0 bridgehead atoms. The van der Waals surface area contributed by atoms with Crippen molar-refractivity contribution in [2.75, 3.05) is 19.0 Å². The van der Waals surface area contributed by atoms with Gasteiger partial charge in [-0.25, -0.2) is 0 Å². The summed E-state index contributed by atoms with van der Waals surface area (Å²) < 4.78 is 0. The number of hydrogen-bond donors (Lipinski definition) is 0. The van der Waals surface area contributed by atoms with E-state index < -0.39 is 0 Å². The third-order valence-electron chi connectivity index (χ3n) is 4.46. The van der Waals surface area contributed by atoms with Crippen molar-refractivity contribution in [1.29, 1.82) is 0 Å². The van der Waals surface area contributed by atoms with Gasteiger partial charge < -0.3 is 4.90 Å². The van der Waals surface area contributed by atoms with Crippen molar-refractivity contribution in [1.82, 2.24) is 0 Å². The first-order valence-corrected chi connectivity index (χ1v) is 7.92. The third-order valence-corrected chi connectivity index (χ3v) is 4.46. The van der Waals surface area contributed by atoms with Crippen molar-refractivity contribution in [2.45, 2.75) is 0 Å². The van der Waals surface area contributed by atoms with Gasteiger partial charge in [0.05, 0.1) is 0 Å². The minimum atomic E-state index is 1.22. The van der Waals surface area contributed by atoms with Crippen molar-refractivity contribution in [2.24, 2.45) is 0 Å². The summed E-state index contributed by atoms with van der Waals surface area (Å²) in [6, 6.07) is 28.4. The van der Waals surface area contributed by atoms with Crippen LogP contribution in [0.1, 0.15) is 0 Å². The van der Waals surface area contributed by atoms with Gasteiger partial charge in [-0.2, -0.15) is 0 Å². The molecule has 0 amide bonds. The topological polar surface area (TPSA) is 3.24 Å². The zero-order valence-electron chi connectivity index (χ0n) is 13.5. The van der Waals surface area contributed by atoms with Crippen LogP contribution in [0.3, 0.4) is 0 Å². The fourth-order valence-electron chi connectivity index (χ4n) is 3.23. The fourth-order valence-corrected chi connectivity index (χ4v) is 3.23. The van der Waals surface area contributed by atoms with E-state index in [4.69, 9.17) is 0 Å². The lowest BCUT2D eigenvalue weighted by Gasteiger charge is -2.14. The molecule has 4 aromatic rings. The molecule has 0 aliphatic heterocycles. The molecule has 112 valence electrons. The molecule has 0 aliphatic carbocycles. The molecule has 0 saturated carbocycles. The Balaban J connectivity index is 2.01. The standard InChI is InChI=1S/C22H19N/c1-23(2)18-13-11-16(12-14-18)22-15-17-7-3-4-8-19(17)20-9-5-6-10-21(20)22/h3-15H,1-2H3. The third kappa shape index (κ3) is 2.35. The number of hydrogen-bond acceptors (Lipinski definition) is 1. The molecule has 0 heterocycles. The average Bonchev–Trinajstić information content (AvgIpc) is 2.61. The van der Waals surface area contributed by atoms with Crippen LogP contribution in [0.15, 0.2) is 78.9 Å². The Morgan fingerprint density at radius 3 is 1.91 bits per heavy atom. The molecular weight excluding hydrogens is 278 g/mol. The highest BCUT2D eigenvalue weighted by Crippen LogP contribution is 2.35. The molecule has 0 saturated heterocycles. The first kappa shape index (κ1) is 13.8. The predicted molar refractivity (Wildman–Crippen MR) is 101 cm³/mol. The highest BCUT2D eigenvalue weighted by molar-refractivity contribution is 6.13. The van der Waals surface area contributed by atoms with E-state index in [0.29, 0.717) is 0 Å². The molecule has 0 fully saturated rings. The zero-order chi connectivity index (χ0) is 15.8. The van der Waals surface area contributed by atoms with Crippen molar-refractivity contribution in [3.63, 3.8) is 0 Å². The van der Waals surface area contributed by atoms with Crippen LogP contribution < -0.4 is 4.90 Å². The highest BCUT2D eigenvalue weighted by Gasteiger charge is 2.08. The molecule has 1 nitrogen and oxygen atoms in total. The van der Waals surface area contributed by atoms with Gasteiger partial charge in [0.1, 0.15) is 0 Å². The maximum absolute atomic E-state index is 2.31. The van der Waals surface area contributed by atoms with Gasteiger partial charge in [-0.05, 0) is 50.9 Å². The minimum absolute atomic E-state index is 1.22. The van der Waals surface area contributed by atoms with Crippen LogP contribution in [0.5, 0.6) is 0 Å². The Bertz CT molecular complexity index is 982. The number of anilines is 1. The van der Waals surface area contributed by atoms with Crippen LogP contribution in [0.4, 0.5) is 5.69 Å². The smallest absolute Gasteiger partial charge is 0.0361 e. The van der Waals surface area contributed by atoms with Gasteiger partial charge in [0.15, 0.2) is 0 Å². The predicted octanol–water partition coefficient (Wildman–Crippen LogP) is 5.73. The van der Waals surface area contributed by atoms with E-state index >= 15 is 0 Å². The van der Waals surface area contributed by atoms with Crippen molar-refractivity contribution >= 4 is 27.2 Å². The van der Waals surface area contributed by atoms with Gasteiger partial charge in [-0.3, -0.25) is 0 Å². The summed E-state index contributed by atoms with van der Waals surface area (Å²) in [5.74, 6) is 0. The van der Waals surface area contributed by atoms with Gasteiger partial charge in [-0.1, -0.05) is 60.7 Å². The summed E-state index contributed by atoms with van der Waals surface area (Å²) in [5.41, 5.74) is 3.78. The van der Waals surface area contributed by atoms with E-state index in [-0.39, 0.29) is 0 Å². The maximum Gasteiger partial charge on any atom is 0.0361 e. The van der Waals surface area contributed by atoms with Gasteiger partial charge in [0, 0.05) is 19.8 Å². The second-order valence-electron chi connectivity index (χ2n) is 6.13. The second-order valence-corrected chi connectivity index (χ2v) is 6.13. The lowest BCUT2D eigenvalue weighted by Crippen LogP contribution is -2.07. The van der Waals surface area contributed by atoms with Gasteiger partial charge in [0.2, 0.25) is 0 Å². The second kappa shape index (κ2) is 5.44. The number of rotatable bonds is 2. The molecular formula is C22H19N. The molecule has 0 unspecified atom stereocenters. The summed E-state index contributed by atoms with van der Waals surface area (Å²) in [7, 11) is 4.14. The van der Waals surface area contributed by atoms with Gasteiger partial charge in [-0.15, -0.1) is 0 Å². The van der Waals surface area contributed by atoms with Crippen LogP contribution in [-0.4, -0.2) is 14.1 Å². The summed E-state index contributed by atoms with van der Waals surface area (Å²) in [6.45, 7) is 0. The van der Waals surface area contributed by atoms with Gasteiger partial charge >= 0.3 is 0 Å². The molecule has 4 rings (SSSR count). The van der Waals surface area contributed by atoms with Crippen LogP contribution in [-0.2, 0) is 0 Å². The van der Waals surface area contributed by atoms with E-state index in [1.807, 2.05) is 0 Å². The molecule has 0 radical (unpaired) electrons. The average molecular weight is 297 g/mol. The van der Waals surface area contributed by atoms with E-state index in [1.54, 1.807) is 0 Å². The van der Waals surface area contributed by atoms with Crippen molar-refractivity contribution < 1.29 is 0 Å². The lowest BCUT2D eigenvalue weighted by molar-refractivity contribution is 1.13. The summed E-state index contributed by atoms with van der Waals surface area (Å²) in [4.78, 5) is 2.13. The number of nitrogens with zero attached hydrogens (tertiary/aromatic N) is 1. The van der Waals surface area contributed by atoms with Crippen LogP contribution in [0.25, 0.3) is 32.7 Å². The quantitative estimate of drug-likeness (QED) is 0.427. The summed E-state index contributed by atoms with van der Waals surface area (Å²) >= 11 is 0. The summed E-state index contributed by atoms with van der Waals surface area (Å²) in [6.07, 6.45) is 0. The zero-order valence-corrected chi connectivity index (χ0v) is 13.5. The number of fused-ring (bicyclic) bond motifs is 3. The molecule has 0 atom stereocenters. The van der Waals surface area contributed by atoms with Crippen LogP contribution in [0, 0.1) is 0 Å². The molecule has 0 aliphatic rings. The molecule has 0 spiro atoms. The monoisotopic (exact) mass is 297 g/mol. The molecule has 0 aromatic heterocycles. The first-order chi connectivity index (χ1) is 11.2. The van der Waals surface area contributed by atoms with E-state index in [0.717, 1.165) is 0 Å². The fraction of sp³-hybridized carbons (Fsp3) is 0.0909. The van der Waals surface area contributed by atoms with E-state index in [1.165, 1.54) is 38.4 Å². The minimum Gasteiger partial charge on any atom is -0.378 e. The molecule has 0 N–H and O–H groups in total. The molecule has 23 heavy (non-hydrogen) atoms. The largest absolute Gasteiger partial charge is 0.378 e. The first-order valence-electron chi connectivity index (χ1n) is 7.92.